The van der Waals surface area contributed by atoms with Crippen LogP contribution in [-0.4, -0.2) is 59.1 Å². The fourth-order valence-corrected chi connectivity index (χ4v) is 4.74. The number of pyridine rings is 1. The Hall–Kier alpha value is -2.93. The molecule has 5 rings (SSSR count). The second-order valence-electron chi connectivity index (χ2n) is 8.52. The topological polar surface area (TPSA) is 71.7 Å². The molecule has 4 heterocycles. The average molecular weight is 421 g/mol. The number of carbonyl (C=O) groups is 1. The van der Waals surface area contributed by atoms with Gasteiger partial charge in [0.1, 0.15) is 11.3 Å². The fraction of sp³-hybridized carbons (Fsp3) is 0.458. The number of para-hydroxylation sites is 1. The first-order valence-corrected chi connectivity index (χ1v) is 11.1. The first kappa shape index (κ1) is 20.0. The molecule has 0 bridgehead atoms. The molecule has 2 aliphatic rings. The number of rotatable bonds is 5. The molecule has 162 valence electrons. The number of fused-ring (bicyclic) bond motifs is 1. The first-order chi connectivity index (χ1) is 15.2. The van der Waals surface area contributed by atoms with Crippen LogP contribution in [0, 0.1) is 0 Å². The van der Waals surface area contributed by atoms with Gasteiger partial charge in [-0.3, -0.25) is 9.69 Å². The molecule has 0 aliphatic carbocycles. The van der Waals surface area contributed by atoms with Crippen molar-refractivity contribution >= 4 is 16.8 Å². The van der Waals surface area contributed by atoms with Gasteiger partial charge in [0.15, 0.2) is 0 Å². The van der Waals surface area contributed by atoms with Crippen LogP contribution in [0.25, 0.3) is 10.9 Å². The lowest BCUT2D eigenvalue weighted by Crippen LogP contribution is -2.34. The van der Waals surface area contributed by atoms with Gasteiger partial charge in [0, 0.05) is 43.5 Å². The van der Waals surface area contributed by atoms with Crippen LogP contribution in [0.4, 0.5) is 0 Å². The summed E-state index contributed by atoms with van der Waals surface area (Å²) in [5.74, 6) is 1.41. The summed E-state index contributed by atoms with van der Waals surface area (Å²) >= 11 is 0. The van der Waals surface area contributed by atoms with Crippen LogP contribution in [0.3, 0.4) is 0 Å². The monoisotopic (exact) mass is 420 g/mol. The normalized spacial score (nSPS) is 19.8. The van der Waals surface area contributed by atoms with E-state index in [1.165, 1.54) is 0 Å². The summed E-state index contributed by atoms with van der Waals surface area (Å²) in [5.41, 5.74) is 2.82. The number of likely N-dealkylation sites (tertiary alicyclic amines) is 2. The zero-order valence-electron chi connectivity index (χ0n) is 17.9. The van der Waals surface area contributed by atoms with Crippen molar-refractivity contribution in [2.45, 2.75) is 38.1 Å². The van der Waals surface area contributed by atoms with E-state index < -0.39 is 0 Å². The Morgan fingerprint density at radius 1 is 1.16 bits per heavy atom. The molecule has 2 fully saturated rings. The lowest BCUT2D eigenvalue weighted by Gasteiger charge is -2.31. The summed E-state index contributed by atoms with van der Waals surface area (Å²) in [6.07, 6.45) is 4.28. The van der Waals surface area contributed by atoms with Gasteiger partial charge in [-0.1, -0.05) is 23.4 Å². The highest BCUT2D eigenvalue weighted by molar-refractivity contribution is 5.91. The molecule has 1 aromatic carbocycles. The Labute approximate surface area is 182 Å². The second-order valence-corrected chi connectivity index (χ2v) is 8.52. The van der Waals surface area contributed by atoms with E-state index in [9.17, 15) is 4.79 Å². The summed E-state index contributed by atoms with van der Waals surface area (Å²) in [6.45, 7) is 4.32. The van der Waals surface area contributed by atoms with Crippen molar-refractivity contribution in [2.24, 2.45) is 0 Å². The third-order valence-corrected chi connectivity index (χ3v) is 6.40. The van der Waals surface area contributed by atoms with Gasteiger partial charge in [0.25, 0.3) is 5.91 Å². The molecule has 0 saturated carbocycles. The van der Waals surface area contributed by atoms with Crippen LogP contribution in [0.2, 0.25) is 0 Å². The van der Waals surface area contributed by atoms with Gasteiger partial charge < -0.3 is 14.2 Å². The minimum absolute atomic E-state index is 0.0294. The molecule has 7 nitrogen and oxygen atoms in total. The van der Waals surface area contributed by atoms with Crippen LogP contribution < -0.4 is 4.74 Å². The predicted molar refractivity (Wildman–Crippen MR) is 117 cm³/mol. The molecule has 2 aliphatic heterocycles. The summed E-state index contributed by atoms with van der Waals surface area (Å²) in [7, 11) is 1.68. The lowest BCUT2D eigenvalue weighted by molar-refractivity contribution is 0.0751. The van der Waals surface area contributed by atoms with E-state index in [2.05, 4.69) is 28.3 Å². The van der Waals surface area contributed by atoms with E-state index in [4.69, 9.17) is 14.2 Å². The zero-order chi connectivity index (χ0) is 21.2. The van der Waals surface area contributed by atoms with Gasteiger partial charge in [-0.05, 0) is 44.4 Å². The van der Waals surface area contributed by atoms with Crippen LogP contribution in [0.5, 0.6) is 5.75 Å². The van der Waals surface area contributed by atoms with E-state index in [1.54, 1.807) is 7.11 Å². The Morgan fingerprint density at radius 2 is 2.03 bits per heavy atom. The van der Waals surface area contributed by atoms with Gasteiger partial charge in [-0.2, -0.15) is 0 Å². The standard InChI is InChI=1S/C24H28N4O3/c1-30-21-8-4-6-17-9-10-19(25-23(17)21)16-27-11-5-7-18(15-27)20-14-22(31-26-20)24(29)28-12-2-3-13-28/h4,6,8-10,14,18H,2-3,5,7,11-13,15-16H2,1H3/t18-/m1/s1. The molecular weight excluding hydrogens is 392 g/mol. The van der Waals surface area contributed by atoms with Gasteiger partial charge in [0.2, 0.25) is 5.76 Å². The van der Waals surface area contributed by atoms with Crippen molar-refractivity contribution < 1.29 is 14.1 Å². The predicted octanol–water partition coefficient (Wildman–Crippen LogP) is 3.85. The maximum atomic E-state index is 12.6. The van der Waals surface area contributed by atoms with E-state index in [0.717, 1.165) is 86.4 Å². The molecule has 2 aromatic heterocycles. The average Bonchev–Trinajstić information content (AvgIpc) is 3.51. The molecule has 0 N–H and O–H groups in total. The van der Waals surface area contributed by atoms with Crippen molar-refractivity contribution in [1.29, 1.82) is 0 Å². The largest absolute Gasteiger partial charge is 0.494 e. The SMILES string of the molecule is COc1cccc2ccc(CN3CCC[C@@H](c4cc(C(=O)N5CCCC5)on4)C3)nc12. The van der Waals surface area contributed by atoms with Crippen molar-refractivity contribution in [1.82, 2.24) is 19.9 Å². The van der Waals surface area contributed by atoms with Crippen molar-refractivity contribution in [2.75, 3.05) is 33.3 Å². The Balaban J connectivity index is 1.28. The Morgan fingerprint density at radius 3 is 2.87 bits per heavy atom. The van der Waals surface area contributed by atoms with Gasteiger partial charge in [-0.15, -0.1) is 0 Å². The number of aromatic nitrogens is 2. The maximum Gasteiger partial charge on any atom is 0.292 e. The third-order valence-electron chi connectivity index (χ3n) is 6.40. The van der Waals surface area contributed by atoms with Gasteiger partial charge in [0.05, 0.1) is 18.5 Å². The van der Waals surface area contributed by atoms with Crippen LogP contribution in [0.15, 0.2) is 40.9 Å². The number of piperidine rings is 1. The molecule has 1 atom stereocenters. The van der Waals surface area contributed by atoms with E-state index in [1.807, 2.05) is 23.1 Å². The van der Waals surface area contributed by atoms with Crippen molar-refractivity contribution in [3.8, 4) is 5.75 Å². The molecule has 3 aromatic rings. The minimum Gasteiger partial charge on any atom is -0.494 e. The molecular formula is C24H28N4O3. The molecule has 7 heteroatoms. The maximum absolute atomic E-state index is 12.6. The quantitative estimate of drug-likeness (QED) is 0.624. The molecule has 31 heavy (non-hydrogen) atoms. The van der Waals surface area contributed by atoms with E-state index in [-0.39, 0.29) is 11.8 Å². The Bertz CT molecular complexity index is 1070. The number of amides is 1. The van der Waals surface area contributed by atoms with Crippen molar-refractivity contribution in [3.63, 3.8) is 0 Å². The number of benzene rings is 1. The highest BCUT2D eigenvalue weighted by Gasteiger charge is 2.28. The fourth-order valence-electron chi connectivity index (χ4n) is 4.74. The molecule has 0 radical (unpaired) electrons. The summed E-state index contributed by atoms with van der Waals surface area (Å²) in [4.78, 5) is 21.7. The number of hydrogen-bond donors (Lipinski definition) is 0. The summed E-state index contributed by atoms with van der Waals surface area (Å²) in [5, 5.41) is 5.34. The number of nitrogens with zero attached hydrogens (tertiary/aromatic N) is 4. The minimum atomic E-state index is -0.0294. The number of methoxy groups -OCH3 is 1. The molecule has 1 amide bonds. The summed E-state index contributed by atoms with van der Waals surface area (Å²) in [6, 6.07) is 12.0. The Kier molecular flexibility index (Phi) is 5.59. The molecule has 2 saturated heterocycles. The van der Waals surface area contributed by atoms with Gasteiger partial charge >= 0.3 is 0 Å². The van der Waals surface area contributed by atoms with Crippen molar-refractivity contribution in [3.05, 3.63) is 53.5 Å². The first-order valence-electron chi connectivity index (χ1n) is 11.1. The van der Waals surface area contributed by atoms with E-state index in [0.29, 0.717) is 5.76 Å². The van der Waals surface area contributed by atoms with Crippen LogP contribution in [-0.2, 0) is 6.54 Å². The second kappa shape index (κ2) is 8.67. The number of carbonyl (C=O) groups excluding carboxylic acids is 1. The third kappa shape index (κ3) is 4.14. The van der Waals surface area contributed by atoms with Crippen LogP contribution >= 0.6 is 0 Å². The van der Waals surface area contributed by atoms with E-state index >= 15 is 0 Å². The smallest absolute Gasteiger partial charge is 0.292 e. The number of ether oxygens (including phenoxy) is 1. The van der Waals surface area contributed by atoms with Crippen LogP contribution in [0.1, 0.15) is 53.5 Å². The molecule has 0 unspecified atom stereocenters. The summed E-state index contributed by atoms with van der Waals surface area (Å²) < 4.78 is 10.9. The zero-order valence-corrected chi connectivity index (χ0v) is 17.9. The highest BCUT2D eigenvalue weighted by Crippen LogP contribution is 2.29. The van der Waals surface area contributed by atoms with Gasteiger partial charge in [-0.25, -0.2) is 4.98 Å². The molecule has 0 spiro atoms. The lowest BCUT2D eigenvalue weighted by atomic mass is 9.94. The number of hydrogen-bond acceptors (Lipinski definition) is 6. The highest BCUT2D eigenvalue weighted by atomic mass is 16.5.